The van der Waals surface area contributed by atoms with Crippen LogP contribution in [0, 0.1) is 27.7 Å². The zero-order chi connectivity index (χ0) is 54.7. The second kappa shape index (κ2) is 24.2. The van der Waals surface area contributed by atoms with Crippen LogP contribution >= 0.6 is 0 Å². The molecule has 10 rings (SSSR count). The van der Waals surface area contributed by atoms with Gasteiger partial charge in [0.2, 0.25) is 0 Å². The highest BCUT2D eigenvalue weighted by Crippen LogP contribution is 2.27. The molecule has 0 spiro atoms. The highest BCUT2D eigenvalue weighted by atomic mass is 32.2. The third-order valence-electron chi connectivity index (χ3n) is 10.9. The van der Waals surface area contributed by atoms with E-state index in [1.54, 1.807) is 48.5 Å². The predicted octanol–water partition coefficient (Wildman–Crippen LogP) is 10.5. The largest absolute Gasteiger partial charge is 0.377 e. The standard InChI is InChI=1S/C26H21N5.4C7H8O3S/c1-31-10-8-17(9-11-31)25-15-24-14-22-5-4-20(28-22)12-18-2-3-19(27-18)13-21-6-7-23(29-21)16-26(25)30-24;4*1-6-2-4-7(5-3-6)11(8,9)10/h2-10,12-16,28,30H,11H2,1H3;4*2-5H,1H3,(H,8,9,10). The second-order valence-electron chi connectivity index (χ2n) is 17.2. The molecule has 3 aliphatic rings. The zero-order valence-electron chi connectivity index (χ0n) is 41.1. The maximum atomic E-state index is 10.5. The third-order valence-corrected chi connectivity index (χ3v) is 14.3. The number of hydrogen-bond donors (Lipinski definition) is 6. The van der Waals surface area contributed by atoms with Crippen molar-refractivity contribution in [1.29, 1.82) is 0 Å². The van der Waals surface area contributed by atoms with Gasteiger partial charge in [-0.05, 0) is 161 Å². The first-order valence-electron chi connectivity index (χ1n) is 22.5. The fraction of sp³-hybridized carbons (Fsp3) is 0.111. The number of fused-ring (bicyclic) bond motifs is 8. The molecule has 0 saturated heterocycles. The Labute approximate surface area is 436 Å². The number of aromatic amines is 2. The van der Waals surface area contributed by atoms with Crippen LogP contribution in [-0.2, 0) is 40.5 Å². The Balaban J connectivity index is 0.000000172. The Hall–Kier alpha value is -7.60. The molecule has 17 nitrogen and oxygen atoms in total. The topological polar surface area (TPSA) is 278 Å². The molecule has 6 N–H and O–H groups in total. The molecule has 8 bridgehead atoms. The average molecular weight is 1090 g/mol. The summed E-state index contributed by atoms with van der Waals surface area (Å²) in [4.78, 5) is 18.4. The molecule has 390 valence electrons. The third kappa shape index (κ3) is 17.5. The molecule has 21 heteroatoms. The van der Waals surface area contributed by atoms with Crippen LogP contribution in [0.15, 0.2) is 177 Å². The van der Waals surface area contributed by atoms with E-state index in [0.717, 1.165) is 73.6 Å². The molecule has 0 aliphatic carbocycles. The molecular weight excluding hydrogens is 1040 g/mol. The summed E-state index contributed by atoms with van der Waals surface area (Å²) in [5, 5.41) is 0. The number of rotatable bonds is 5. The van der Waals surface area contributed by atoms with Crippen LogP contribution in [0.5, 0.6) is 0 Å². The maximum absolute atomic E-state index is 10.5. The Morgan fingerprint density at radius 2 is 0.760 bits per heavy atom. The number of hydrogen-bond acceptors (Lipinski definition) is 11. The van der Waals surface area contributed by atoms with E-state index in [9.17, 15) is 33.7 Å². The van der Waals surface area contributed by atoms with Crippen molar-refractivity contribution in [1.82, 2.24) is 24.8 Å². The first kappa shape index (κ1) is 56.7. The van der Waals surface area contributed by atoms with Crippen LogP contribution in [0.1, 0.15) is 50.6 Å². The van der Waals surface area contributed by atoms with Crippen LogP contribution in [-0.4, -0.2) is 90.3 Å². The first-order chi connectivity index (χ1) is 35.2. The maximum Gasteiger partial charge on any atom is 0.294 e. The van der Waals surface area contributed by atoms with Crippen molar-refractivity contribution in [3.05, 3.63) is 208 Å². The van der Waals surface area contributed by atoms with E-state index >= 15 is 0 Å². The van der Waals surface area contributed by atoms with E-state index in [4.69, 9.17) is 23.2 Å². The van der Waals surface area contributed by atoms with E-state index < -0.39 is 40.5 Å². The van der Waals surface area contributed by atoms with Gasteiger partial charge in [0, 0.05) is 41.2 Å². The van der Waals surface area contributed by atoms with E-state index in [2.05, 4.69) is 81.6 Å². The quantitative estimate of drug-likeness (QED) is 0.0874. The van der Waals surface area contributed by atoms with Gasteiger partial charge in [0.1, 0.15) is 0 Å². The number of aromatic nitrogens is 4. The molecule has 0 atom stereocenters. The van der Waals surface area contributed by atoms with Gasteiger partial charge in [0.15, 0.2) is 0 Å². The molecule has 7 aromatic rings. The summed E-state index contributed by atoms with van der Waals surface area (Å²) in [6.45, 7) is 8.26. The smallest absolute Gasteiger partial charge is 0.294 e. The molecule has 6 heterocycles. The molecule has 4 aromatic carbocycles. The normalized spacial score (nSPS) is 12.9. The van der Waals surface area contributed by atoms with Crippen LogP contribution in [0.3, 0.4) is 0 Å². The Morgan fingerprint density at radius 1 is 0.413 bits per heavy atom. The lowest BCUT2D eigenvalue weighted by molar-refractivity contribution is 0.481. The van der Waals surface area contributed by atoms with Crippen LogP contribution in [0.2, 0.25) is 0 Å². The van der Waals surface area contributed by atoms with Gasteiger partial charge in [0.05, 0.1) is 42.4 Å². The van der Waals surface area contributed by atoms with Crippen LogP contribution < -0.4 is 0 Å². The number of nitrogens with zero attached hydrogens (tertiary/aromatic N) is 3. The minimum atomic E-state index is -4.02. The highest BCUT2D eigenvalue weighted by Gasteiger charge is 2.12. The van der Waals surface area contributed by atoms with Crippen molar-refractivity contribution < 1.29 is 51.9 Å². The van der Waals surface area contributed by atoms with Crippen molar-refractivity contribution in [2.24, 2.45) is 0 Å². The summed E-state index contributed by atoms with van der Waals surface area (Å²) in [6.07, 6.45) is 14.7. The molecule has 0 unspecified atom stereocenters. The van der Waals surface area contributed by atoms with E-state index in [0.29, 0.717) is 0 Å². The SMILES string of the molecule is CN1C=CC(c2cc3cc4ccc(cc5nc(cc6nc(cc2[nH]3)C=C6)C=C5)[nH]4)=CC1.Cc1ccc(S(=O)(=O)O)cc1.Cc1ccc(S(=O)(=O)O)cc1.Cc1ccc(S(=O)(=O)O)cc1.Cc1ccc(S(=O)(=O)O)cc1. The number of benzene rings is 4. The molecule has 0 radical (unpaired) electrons. The Morgan fingerprint density at radius 3 is 1.11 bits per heavy atom. The average Bonchev–Trinajstić information content (AvgIpc) is 4.16. The van der Waals surface area contributed by atoms with Crippen molar-refractivity contribution in [2.45, 2.75) is 47.3 Å². The van der Waals surface area contributed by atoms with Gasteiger partial charge in [-0.2, -0.15) is 33.7 Å². The number of allylic oxidation sites excluding steroid dienone is 2. The lowest BCUT2D eigenvalue weighted by atomic mass is 10.0. The van der Waals surface area contributed by atoms with Crippen LogP contribution in [0.4, 0.5) is 0 Å². The summed E-state index contributed by atoms with van der Waals surface area (Å²) in [5.74, 6) is 0. The minimum Gasteiger partial charge on any atom is -0.377 e. The number of aryl methyl sites for hydroxylation is 4. The summed E-state index contributed by atoms with van der Waals surface area (Å²) < 4.78 is 118. The van der Waals surface area contributed by atoms with E-state index in [-0.39, 0.29) is 19.6 Å². The van der Waals surface area contributed by atoms with Gasteiger partial charge in [-0.15, -0.1) is 0 Å². The van der Waals surface area contributed by atoms with Crippen LogP contribution in [0.25, 0.3) is 51.9 Å². The molecule has 3 aliphatic heterocycles. The lowest BCUT2D eigenvalue weighted by Crippen LogP contribution is -2.13. The highest BCUT2D eigenvalue weighted by molar-refractivity contribution is 7.86. The monoisotopic (exact) mass is 1090 g/mol. The van der Waals surface area contributed by atoms with Gasteiger partial charge in [-0.1, -0.05) is 76.9 Å². The molecule has 3 aromatic heterocycles. The molecule has 0 saturated carbocycles. The van der Waals surface area contributed by atoms with Crippen molar-refractivity contribution in [3.63, 3.8) is 0 Å². The van der Waals surface area contributed by atoms with Gasteiger partial charge in [-0.3, -0.25) is 18.2 Å². The minimum absolute atomic E-state index is 0.0666. The fourth-order valence-electron chi connectivity index (χ4n) is 6.88. The van der Waals surface area contributed by atoms with Crippen molar-refractivity contribution >= 4 is 92.4 Å². The van der Waals surface area contributed by atoms with E-state index in [1.165, 1.54) is 59.7 Å². The predicted molar refractivity (Wildman–Crippen MR) is 293 cm³/mol. The van der Waals surface area contributed by atoms with Gasteiger partial charge < -0.3 is 14.9 Å². The summed E-state index contributed by atoms with van der Waals surface area (Å²) in [5.41, 5.74) is 14.0. The zero-order valence-corrected chi connectivity index (χ0v) is 44.3. The molecular formula is C54H53N5O12S4. The Bertz CT molecular complexity index is 3650. The summed E-state index contributed by atoms with van der Waals surface area (Å²) in [7, 11) is -14.0. The molecule has 75 heavy (non-hydrogen) atoms. The van der Waals surface area contributed by atoms with Crippen molar-refractivity contribution in [3.8, 4) is 0 Å². The van der Waals surface area contributed by atoms with E-state index in [1.807, 2.05) is 58.1 Å². The summed E-state index contributed by atoms with van der Waals surface area (Å²) >= 11 is 0. The lowest BCUT2D eigenvalue weighted by Gasteiger charge is -2.16. The molecule has 0 amide bonds. The number of nitrogens with one attached hydrogen (secondary N) is 2. The van der Waals surface area contributed by atoms with Gasteiger partial charge in [0.25, 0.3) is 40.5 Å². The van der Waals surface area contributed by atoms with Gasteiger partial charge in [-0.25, -0.2) is 9.97 Å². The summed E-state index contributed by atoms with van der Waals surface area (Å²) in [6, 6.07) is 38.6. The first-order valence-corrected chi connectivity index (χ1v) is 28.3. The number of H-pyrrole nitrogens is 2. The number of likely N-dealkylation sites (N-methyl/N-ethyl adjacent to an activating group) is 1. The van der Waals surface area contributed by atoms with Gasteiger partial charge >= 0.3 is 0 Å². The molecule has 0 fully saturated rings. The Kier molecular flexibility index (Phi) is 18.3. The van der Waals surface area contributed by atoms with Crippen molar-refractivity contribution in [2.75, 3.05) is 13.6 Å². The second-order valence-corrected chi connectivity index (χ2v) is 22.8. The fourth-order valence-corrected chi connectivity index (χ4v) is 8.80.